The third kappa shape index (κ3) is 2.33. The van der Waals surface area contributed by atoms with Crippen LogP contribution in [0, 0.1) is 11.8 Å². The molecule has 1 aromatic heterocycles. The van der Waals surface area contributed by atoms with Crippen molar-refractivity contribution in [3.63, 3.8) is 0 Å². The van der Waals surface area contributed by atoms with Crippen LogP contribution in [0.15, 0.2) is 11.4 Å². The zero-order valence-electron chi connectivity index (χ0n) is 11.3. The van der Waals surface area contributed by atoms with E-state index in [-0.39, 0.29) is 11.9 Å². The van der Waals surface area contributed by atoms with Gasteiger partial charge in [0.25, 0.3) is 0 Å². The highest BCUT2D eigenvalue weighted by molar-refractivity contribution is 7.12. The van der Waals surface area contributed by atoms with Crippen molar-refractivity contribution >= 4 is 28.9 Å². The summed E-state index contributed by atoms with van der Waals surface area (Å²) in [5, 5.41) is 7.96. The molecule has 1 aliphatic carbocycles. The molecule has 0 spiro atoms. The monoisotopic (exact) mass is 294 g/mol. The molecule has 1 saturated carbocycles. The summed E-state index contributed by atoms with van der Waals surface area (Å²) in [6.07, 6.45) is 3.54. The Morgan fingerprint density at radius 2 is 2.30 bits per heavy atom. The van der Waals surface area contributed by atoms with E-state index in [1.165, 1.54) is 31.3 Å². The molecule has 1 aromatic rings. The standard InChI is InChI=1S/C14H18N2O3S/c1-19-14(18)12-10(5-6-20-12)16-13(17)11-9-4-2-3-8(9)7-15-11/h5-6,8-9,11,15H,2-4,7H2,1H3,(H,16,17). The summed E-state index contributed by atoms with van der Waals surface area (Å²) in [4.78, 5) is 24.4. The first-order chi connectivity index (χ1) is 9.70. The molecule has 3 rings (SSSR count). The van der Waals surface area contributed by atoms with Crippen molar-refractivity contribution in [3.8, 4) is 0 Å². The minimum atomic E-state index is -0.409. The van der Waals surface area contributed by atoms with Crippen LogP contribution in [0.5, 0.6) is 0 Å². The fourth-order valence-corrected chi connectivity index (χ4v) is 4.11. The topological polar surface area (TPSA) is 67.4 Å². The zero-order valence-corrected chi connectivity index (χ0v) is 12.2. The van der Waals surface area contributed by atoms with Crippen molar-refractivity contribution in [1.29, 1.82) is 0 Å². The molecule has 1 amide bonds. The number of ether oxygens (including phenoxy) is 1. The average molecular weight is 294 g/mol. The number of fused-ring (bicyclic) bond motifs is 1. The van der Waals surface area contributed by atoms with Crippen LogP contribution in [0.25, 0.3) is 0 Å². The second kappa shape index (κ2) is 5.54. The molecule has 6 heteroatoms. The lowest BCUT2D eigenvalue weighted by Crippen LogP contribution is -2.39. The van der Waals surface area contributed by atoms with Gasteiger partial charge in [-0.15, -0.1) is 11.3 Å². The molecule has 108 valence electrons. The Kier molecular flexibility index (Phi) is 3.76. The Morgan fingerprint density at radius 3 is 3.10 bits per heavy atom. The fourth-order valence-electron chi connectivity index (χ4n) is 3.34. The van der Waals surface area contributed by atoms with Gasteiger partial charge in [0.15, 0.2) is 0 Å². The quantitative estimate of drug-likeness (QED) is 0.835. The van der Waals surface area contributed by atoms with E-state index in [2.05, 4.69) is 10.6 Å². The molecule has 3 unspecified atom stereocenters. The van der Waals surface area contributed by atoms with Gasteiger partial charge in [-0.05, 0) is 42.7 Å². The normalized spacial score (nSPS) is 28.1. The molecule has 2 fully saturated rings. The lowest BCUT2D eigenvalue weighted by molar-refractivity contribution is -0.118. The van der Waals surface area contributed by atoms with E-state index < -0.39 is 5.97 Å². The summed E-state index contributed by atoms with van der Waals surface area (Å²) in [6, 6.07) is 1.61. The van der Waals surface area contributed by atoms with Crippen molar-refractivity contribution in [3.05, 3.63) is 16.3 Å². The molecule has 3 atom stereocenters. The molecule has 0 radical (unpaired) electrons. The van der Waals surface area contributed by atoms with Crippen LogP contribution < -0.4 is 10.6 Å². The van der Waals surface area contributed by atoms with Crippen LogP contribution in [0.3, 0.4) is 0 Å². The number of amides is 1. The molecule has 1 saturated heterocycles. The van der Waals surface area contributed by atoms with E-state index in [1.54, 1.807) is 11.4 Å². The Morgan fingerprint density at radius 1 is 1.45 bits per heavy atom. The second-order valence-corrected chi connectivity index (χ2v) is 6.30. The van der Waals surface area contributed by atoms with Gasteiger partial charge in [0.2, 0.25) is 5.91 Å². The Bertz CT molecular complexity index is 528. The molecule has 20 heavy (non-hydrogen) atoms. The van der Waals surface area contributed by atoms with Crippen molar-refractivity contribution in [1.82, 2.24) is 5.32 Å². The van der Waals surface area contributed by atoms with E-state index in [1.807, 2.05) is 0 Å². The molecule has 2 N–H and O–H groups in total. The van der Waals surface area contributed by atoms with E-state index in [0.29, 0.717) is 22.4 Å². The van der Waals surface area contributed by atoms with Gasteiger partial charge in [0.05, 0.1) is 18.8 Å². The number of thiophene rings is 1. The van der Waals surface area contributed by atoms with Gasteiger partial charge in [-0.25, -0.2) is 4.79 Å². The number of methoxy groups -OCH3 is 1. The van der Waals surface area contributed by atoms with Crippen LogP contribution in [-0.4, -0.2) is 31.6 Å². The molecular formula is C14H18N2O3S. The summed E-state index contributed by atoms with van der Waals surface area (Å²) in [5.41, 5.74) is 0.551. The summed E-state index contributed by atoms with van der Waals surface area (Å²) >= 11 is 1.28. The Labute approximate surface area is 121 Å². The van der Waals surface area contributed by atoms with Crippen LogP contribution in [0.1, 0.15) is 28.9 Å². The number of carbonyl (C=O) groups is 2. The first kappa shape index (κ1) is 13.6. The highest BCUT2D eigenvalue weighted by atomic mass is 32.1. The number of hydrogen-bond donors (Lipinski definition) is 2. The predicted molar refractivity (Wildman–Crippen MR) is 76.9 cm³/mol. The molecule has 5 nitrogen and oxygen atoms in total. The molecule has 2 heterocycles. The summed E-state index contributed by atoms with van der Waals surface area (Å²) in [5.74, 6) is 0.625. The number of nitrogens with one attached hydrogen (secondary N) is 2. The van der Waals surface area contributed by atoms with Gasteiger partial charge < -0.3 is 15.4 Å². The van der Waals surface area contributed by atoms with Gasteiger partial charge in [-0.1, -0.05) is 6.42 Å². The van der Waals surface area contributed by atoms with Crippen molar-refractivity contribution in [2.45, 2.75) is 25.3 Å². The number of anilines is 1. The van der Waals surface area contributed by atoms with Crippen molar-refractivity contribution < 1.29 is 14.3 Å². The van der Waals surface area contributed by atoms with Crippen LogP contribution in [0.2, 0.25) is 0 Å². The van der Waals surface area contributed by atoms with E-state index in [9.17, 15) is 9.59 Å². The smallest absolute Gasteiger partial charge is 0.350 e. The van der Waals surface area contributed by atoms with Crippen LogP contribution >= 0.6 is 11.3 Å². The van der Waals surface area contributed by atoms with Gasteiger partial charge in [-0.3, -0.25) is 4.79 Å². The van der Waals surface area contributed by atoms with Gasteiger partial charge >= 0.3 is 5.97 Å². The van der Waals surface area contributed by atoms with E-state index in [0.717, 1.165) is 13.0 Å². The van der Waals surface area contributed by atoms with Gasteiger partial charge in [0.1, 0.15) is 4.88 Å². The fraction of sp³-hybridized carbons (Fsp3) is 0.571. The van der Waals surface area contributed by atoms with Gasteiger partial charge in [0, 0.05) is 0 Å². The number of rotatable bonds is 3. The number of hydrogen-bond acceptors (Lipinski definition) is 5. The SMILES string of the molecule is COC(=O)c1sccc1NC(=O)C1NCC2CCCC21. The van der Waals surface area contributed by atoms with E-state index in [4.69, 9.17) is 4.74 Å². The lowest BCUT2D eigenvalue weighted by atomic mass is 9.93. The average Bonchev–Trinajstić information content (AvgIpc) is 3.12. The molecule has 2 aliphatic rings. The van der Waals surface area contributed by atoms with Crippen LogP contribution in [-0.2, 0) is 9.53 Å². The van der Waals surface area contributed by atoms with Crippen molar-refractivity contribution in [2.75, 3.05) is 19.0 Å². The second-order valence-electron chi connectivity index (χ2n) is 5.38. The maximum Gasteiger partial charge on any atom is 0.350 e. The first-order valence-electron chi connectivity index (χ1n) is 6.90. The van der Waals surface area contributed by atoms with Crippen LogP contribution in [0.4, 0.5) is 5.69 Å². The summed E-state index contributed by atoms with van der Waals surface area (Å²) in [7, 11) is 1.34. The maximum absolute atomic E-state index is 12.4. The third-order valence-corrected chi connectivity index (χ3v) is 5.22. The lowest BCUT2D eigenvalue weighted by Gasteiger charge is -2.17. The number of carbonyl (C=O) groups excluding carboxylic acids is 2. The molecule has 0 aromatic carbocycles. The van der Waals surface area contributed by atoms with Gasteiger partial charge in [-0.2, -0.15) is 0 Å². The van der Waals surface area contributed by atoms with Crippen molar-refractivity contribution in [2.24, 2.45) is 11.8 Å². The first-order valence-corrected chi connectivity index (χ1v) is 7.78. The Balaban J connectivity index is 1.70. The molecule has 1 aliphatic heterocycles. The zero-order chi connectivity index (χ0) is 14.1. The minimum Gasteiger partial charge on any atom is -0.465 e. The Hall–Kier alpha value is -1.40. The summed E-state index contributed by atoms with van der Waals surface area (Å²) in [6.45, 7) is 0.927. The highest BCUT2D eigenvalue weighted by Crippen LogP contribution is 2.38. The highest BCUT2D eigenvalue weighted by Gasteiger charge is 2.42. The molecular weight excluding hydrogens is 276 g/mol. The number of esters is 1. The summed E-state index contributed by atoms with van der Waals surface area (Å²) < 4.78 is 4.72. The molecule has 0 bridgehead atoms. The van der Waals surface area contributed by atoms with E-state index >= 15 is 0 Å². The maximum atomic E-state index is 12.4. The predicted octanol–water partition coefficient (Wildman–Crippen LogP) is 1.86. The largest absolute Gasteiger partial charge is 0.465 e. The minimum absolute atomic E-state index is 0.0389. The third-order valence-electron chi connectivity index (χ3n) is 4.32.